The topological polar surface area (TPSA) is 90.8 Å². The molecule has 0 saturated carbocycles. The van der Waals surface area contributed by atoms with Crippen molar-refractivity contribution >= 4 is 17.8 Å². The fraction of sp³-hybridized carbons (Fsp3) is 0.429. The summed E-state index contributed by atoms with van der Waals surface area (Å²) in [5.74, 6) is -1.66. The molecule has 1 aliphatic heterocycles. The first-order valence-corrected chi connectivity index (χ1v) is 6.64. The summed E-state index contributed by atoms with van der Waals surface area (Å²) in [6.07, 6.45) is 3.09. The minimum Gasteiger partial charge on any atom is -0.480 e. The van der Waals surface area contributed by atoms with Crippen molar-refractivity contribution in [1.82, 2.24) is 14.8 Å². The number of carboxylic acids is 1. The number of hydrogen-bond acceptors (Lipinski definition) is 4. The van der Waals surface area contributed by atoms with Gasteiger partial charge in [0.05, 0.1) is 5.56 Å². The van der Waals surface area contributed by atoms with E-state index < -0.39 is 12.0 Å². The van der Waals surface area contributed by atoms with Gasteiger partial charge in [0.25, 0.3) is 5.91 Å². The van der Waals surface area contributed by atoms with E-state index in [4.69, 9.17) is 5.11 Å². The number of rotatable bonds is 3. The predicted molar refractivity (Wildman–Crippen MR) is 73.7 cm³/mol. The van der Waals surface area contributed by atoms with E-state index in [2.05, 4.69) is 4.98 Å². The monoisotopic (exact) mass is 291 g/mol. The van der Waals surface area contributed by atoms with Gasteiger partial charge in [0, 0.05) is 25.5 Å². The third-order valence-corrected chi connectivity index (χ3v) is 3.60. The molecule has 2 amide bonds. The van der Waals surface area contributed by atoms with Crippen LogP contribution in [0.2, 0.25) is 0 Å². The quantitative estimate of drug-likeness (QED) is 0.856. The molecule has 1 saturated heterocycles. The Kier molecular flexibility index (Phi) is 4.21. The van der Waals surface area contributed by atoms with Gasteiger partial charge in [-0.1, -0.05) is 0 Å². The number of carbonyl (C=O) groups excluding carboxylic acids is 2. The van der Waals surface area contributed by atoms with Gasteiger partial charge in [0.2, 0.25) is 5.91 Å². The largest absolute Gasteiger partial charge is 0.480 e. The van der Waals surface area contributed by atoms with Gasteiger partial charge in [-0.05, 0) is 25.5 Å². The number of amides is 2. The number of aryl methyl sites for hydroxylation is 1. The first kappa shape index (κ1) is 15.0. The molecule has 2 rings (SSSR count). The van der Waals surface area contributed by atoms with Gasteiger partial charge in [-0.3, -0.25) is 19.4 Å². The Labute approximate surface area is 122 Å². The van der Waals surface area contributed by atoms with Crippen LogP contribution in [-0.4, -0.2) is 63.4 Å². The van der Waals surface area contributed by atoms with Gasteiger partial charge < -0.3 is 14.9 Å². The average molecular weight is 291 g/mol. The molecular formula is C14H17N3O4. The molecule has 0 bridgehead atoms. The summed E-state index contributed by atoms with van der Waals surface area (Å²) >= 11 is 0. The van der Waals surface area contributed by atoms with Gasteiger partial charge in [-0.15, -0.1) is 0 Å². The minimum atomic E-state index is -1.06. The molecule has 1 aromatic heterocycles. The Bertz CT molecular complexity index is 587. The average Bonchev–Trinajstić information content (AvgIpc) is 2.43. The molecule has 0 aliphatic carbocycles. The number of piperazine rings is 1. The van der Waals surface area contributed by atoms with Gasteiger partial charge in [-0.25, -0.2) is 0 Å². The Morgan fingerprint density at radius 1 is 1.43 bits per heavy atom. The Morgan fingerprint density at radius 2 is 2.14 bits per heavy atom. The van der Waals surface area contributed by atoms with Gasteiger partial charge in [0.15, 0.2) is 0 Å². The van der Waals surface area contributed by atoms with Crippen molar-refractivity contribution in [1.29, 1.82) is 0 Å². The predicted octanol–water partition coefficient (Wildman–Crippen LogP) is 0.148. The van der Waals surface area contributed by atoms with Crippen LogP contribution in [0.4, 0.5) is 0 Å². The van der Waals surface area contributed by atoms with Gasteiger partial charge in [-0.2, -0.15) is 0 Å². The number of carboxylic acid groups (broad SMARTS) is 1. The molecule has 1 atom stereocenters. The van der Waals surface area contributed by atoms with Crippen LogP contribution in [0.15, 0.2) is 18.5 Å². The molecule has 0 radical (unpaired) electrons. The standard InChI is InChI=1S/C14H17N3O4/c1-9-3-4-15-7-11(9)14(21)17-6-5-16(8-12(18)19)13(20)10(17)2/h3-4,7,10H,5-6,8H2,1-2H3,(H,18,19)/t10-/m1/s1. The summed E-state index contributed by atoms with van der Waals surface area (Å²) in [5, 5.41) is 8.78. The van der Waals surface area contributed by atoms with E-state index in [0.29, 0.717) is 12.1 Å². The van der Waals surface area contributed by atoms with Crippen molar-refractivity contribution < 1.29 is 19.5 Å². The van der Waals surface area contributed by atoms with Crippen LogP contribution in [0.5, 0.6) is 0 Å². The lowest BCUT2D eigenvalue weighted by Gasteiger charge is -2.38. The normalized spacial score (nSPS) is 18.8. The zero-order valence-corrected chi connectivity index (χ0v) is 11.9. The van der Waals surface area contributed by atoms with Crippen LogP contribution in [0, 0.1) is 6.92 Å². The number of carbonyl (C=O) groups is 3. The molecule has 1 N–H and O–H groups in total. The van der Waals surface area contributed by atoms with Crippen LogP contribution in [0.1, 0.15) is 22.8 Å². The molecule has 0 spiro atoms. The lowest BCUT2D eigenvalue weighted by Crippen LogP contribution is -2.58. The molecule has 21 heavy (non-hydrogen) atoms. The number of aliphatic carboxylic acids is 1. The fourth-order valence-corrected chi connectivity index (χ4v) is 2.37. The highest BCUT2D eigenvalue weighted by Crippen LogP contribution is 2.16. The summed E-state index contributed by atoms with van der Waals surface area (Å²) in [6, 6.07) is 1.06. The van der Waals surface area contributed by atoms with Crippen LogP contribution in [0.3, 0.4) is 0 Å². The first-order valence-electron chi connectivity index (χ1n) is 6.64. The fourth-order valence-electron chi connectivity index (χ4n) is 2.37. The molecule has 0 aromatic carbocycles. The molecular weight excluding hydrogens is 274 g/mol. The van der Waals surface area contributed by atoms with E-state index in [0.717, 1.165) is 5.56 Å². The maximum atomic E-state index is 12.5. The smallest absolute Gasteiger partial charge is 0.323 e. The lowest BCUT2D eigenvalue weighted by molar-refractivity contribution is -0.148. The molecule has 1 aromatic rings. The van der Waals surface area contributed by atoms with E-state index in [1.54, 1.807) is 19.2 Å². The third-order valence-electron chi connectivity index (χ3n) is 3.60. The maximum absolute atomic E-state index is 12.5. The second-order valence-corrected chi connectivity index (χ2v) is 5.02. The highest BCUT2D eigenvalue weighted by Gasteiger charge is 2.35. The summed E-state index contributed by atoms with van der Waals surface area (Å²) < 4.78 is 0. The third kappa shape index (κ3) is 3.01. The summed E-state index contributed by atoms with van der Waals surface area (Å²) in [6.45, 7) is 3.62. The summed E-state index contributed by atoms with van der Waals surface area (Å²) in [4.78, 5) is 42.0. The van der Waals surface area contributed by atoms with Crippen LogP contribution >= 0.6 is 0 Å². The van der Waals surface area contributed by atoms with E-state index in [1.807, 2.05) is 6.92 Å². The van der Waals surface area contributed by atoms with E-state index in [-0.39, 0.29) is 24.9 Å². The zero-order chi connectivity index (χ0) is 15.6. The van der Waals surface area contributed by atoms with Gasteiger partial charge >= 0.3 is 5.97 Å². The SMILES string of the molecule is Cc1ccncc1C(=O)N1CCN(CC(=O)O)C(=O)[C@H]1C. The van der Waals surface area contributed by atoms with Crippen molar-refractivity contribution in [3.63, 3.8) is 0 Å². The number of aromatic nitrogens is 1. The van der Waals surface area contributed by atoms with E-state index in [9.17, 15) is 14.4 Å². The highest BCUT2D eigenvalue weighted by molar-refractivity contribution is 5.99. The minimum absolute atomic E-state index is 0.223. The van der Waals surface area contributed by atoms with E-state index >= 15 is 0 Å². The molecule has 0 unspecified atom stereocenters. The second kappa shape index (κ2) is 5.90. The Morgan fingerprint density at radius 3 is 2.76 bits per heavy atom. The zero-order valence-electron chi connectivity index (χ0n) is 11.9. The lowest BCUT2D eigenvalue weighted by atomic mass is 10.1. The Hall–Kier alpha value is -2.44. The molecule has 7 heteroatoms. The molecule has 112 valence electrons. The highest BCUT2D eigenvalue weighted by atomic mass is 16.4. The van der Waals surface area contributed by atoms with Crippen molar-refractivity contribution in [2.45, 2.75) is 19.9 Å². The molecule has 2 heterocycles. The number of nitrogens with zero attached hydrogens (tertiary/aromatic N) is 3. The molecule has 1 fully saturated rings. The first-order chi connectivity index (χ1) is 9.91. The van der Waals surface area contributed by atoms with Crippen molar-refractivity contribution in [3.8, 4) is 0 Å². The van der Waals surface area contributed by atoms with Crippen LogP contribution < -0.4 is 0 Å². The summed E-state index contributed by atoms with van der Waals surface area (Å²) in [7, 11) is 0. The summed E-state index contributed by atoms with van der Waals surface area (Å²) in [5.41, 5.74) is 1.26. The van der Waals surface area contributed by atoms with Gasteiger partial charge in [0.1, 0.15) is 12.6 Å². The number of hydrogen-bond donors (Lipinski definition) is 1. The van der Waals surface area contributed by atoms with Crippen molar-refractivity contribution in [2.75, 3.05) is 19.6 Å². The van der Waals surface area contributed by atoms with Crippen molar-refractivity contribution in [2.24, 2.45) is 0 Å². The van der Waals surface area contributed by atoms with E-state index in [1.165, 1.54) is 16.0 Å². The van der Waals surface area contributed by atoms with Crippen LogP contribution in [0.25, 0.3) is 0 Å². The second-order valence-electron chi connectivity index (χ2n) is 5.02. The number of pyridine rings is 1. The van der Waals surface area contributed by atoms with Crippen molar-refractivity contribution in [3.05, 3.63) is 29.6 Å². The maximum Gasteiger partial charge on any atom is 0.323 e. The molecule has 1 aliphatic rings. The Balaban J connectivity index is 2.16. The van der Waals surface area contributed by atoms with Crippen LogP contribution in [-0.2, 0) is 9.59 Å². The molecule has 7 nitrogen and oxygen atoms in total.